The Morgan fingerprint density at radius 2 is 2.06 bits per heavy atom. The molecule has 0 bridgehead atoms. The van der Waals surface area contributed by atoms with Crippen LogP contribution >= 0.6 is 0 Å². The van der Waals surface area contributed by atoms with E-state index in [-0.39, 0.29) is 5.91 Å². The molecule has 0 aromatic carbocycles. The van der Waals surface area contributed by atoms with Gasteiger partial charge in [0.25, 0.3) is 0 Å². The second-order valence-electron chi connectivity index (χ2n) is 5.63. The third kappa shape index (κ3) is 3.09. The van der Waals surface area contributed by atoms with Crippen LogP contribution in [-0.2, 0) is 11.2 Å². The van der Waals surface area contributed by atoms with E-state index in [4.69, 9.17) is 0 Å². The highest BCUT2D eigenvalue weighted by Crippen LogP contribution is 2.44. The molecule has 96 valence electrons. The lowest BCUT2D eigenvalue weighted by Gasteiger charge is -2.17. The maximum atomic E-state index is 12.0. The predicted molar refractivity (Wildman–Crippen MR) is 69.9 cm³/mol. The summed E-state index contributed by atoms with van der Waals surface area (Å²) in [6, 6.07) is 4.43. The number of aryl methyl sites for hydroxylation is 1. The average Bonchev–Trinajstić information content (AvgIpc) is 3.28. The molecule has 1 aromatic heterocycles. The fraction of sp³-hybridized carbons (Fsp3) is 0.600. The zero-order valence-electron chi connectivity index (χ0n) is 10.6. The Hall–Kier alpha value is -1.38. The van der Waals surface area contributed by atoms with Gasteiger partial charge in [-0.25, -0.2) is 0 Å². The van der Waals surface area contributed by atoms with Gasteiger partial charge in [-0.15, -0.1) is 0 Å². The van der Waals surface area contributed by atoms with Crippen molar-refractivity contribution in [2.24, 2.45) is 11.8 Å². The van der Waals surface area contributed by atoms with Gasteiger partial charge < -0.3 is 5.32 Å². The molecule has 2 saturated carbocycles. The largest absolute Gasteiger partial charge is 0.353 e. The number of carbonyl (C=O) groups excluding carboxylic acids is 1. The number of pyridine rings is 1. The Labute approximate surface area is 108 Å². The monoisotopic (exact) mass is 244 g/mol. The van der Waals surface area contributed by atoms with Gasteiger partial charge in [0.2, 0.25) is 5.91 Å². The summed E-state index contributed by atoms with van der Waals surface area (Å²) in [6.07, 6.45) is 10.2. The van der Waals surface area contributed by atoms with Gasteiger partial charge in [-0.05, 0) is 55.6 Å². The molecule has 3 nitrogen and oxygen atoms in total. The first-order valence-electron chi connectivity index (χ1n) is 7.01. The lowest BCUT2D eigenvalue weighted by Crippen LogP contribution is -2.38. The number of amides is 1. The first-order chi connectivity index (χ1) is 8.83. The normalized spacial score (nSPS) is 18.9. The Morgan fingerprint density at radius 3 is 2.61 bits per heavy atom. The van der Waals surface area contributed by atoms with E-state index in [1.54, 1.807) is 6.20 Å². The molecular formula is C15H20N2O. The van der Waals surface area contributed by atoms with Crippen LogP contribution in [0.25, 0.3) is 0 Å². The Kier molecular flexibility index (Phi) is 3.31. The summed E-state index contributed by atoms with van der Waals surface area (Å²) in [5.74, 6) is 1.77. The molecule has 1 aromatic rings. The van der Waals surface area contributed by atoms with Crippen molar-refractivity contribution >= 4 is 5.91 Å². The van der Waals surface area contributed by atoms with Crippen LogP contribution in [0.5, 0.6) is 0 Å². The lowest BCUT2D eigenvalue weighted by molar-refractivity contribution is -0.122. The third-order valence-corrected chi connectivity index (χ3v) is 3.95. The van der Waals surface area contributed by atoms with Gasteiger partial charge >= 0.3 is 0 Å². The SMILES string of the molecule is O=C(CCc1cccnc1)NC(C1CC1)C1CC1. The molecule has 0 radical (unpaired) electrons. The molecule has 0 spiro atoms. The van der Waals surface area contributed by atoms with Crippen LogP contribution in [0.2, 0.25) is 0 Å². The molecule has 0 saturated heterocycles. The van der Waals surface area contributed by atoms with Crippen LogP contribution in [0.15, 0.2) is 24.5 Å². The molecule has 1 heterocycles. The van der Waals surface area contributed by atoms with Gasteiger partial charge in [-0.2, -0.15) is 0 Å². The average molecular weight is 244 g/mol. The molecule has 0 atom stereocenters. The van der Waals surface area contributed by atoms with Crippen molar-refractivity contribution in [3.63, 3.8) is 0 Å². The number of nitrogens with zero attached hydrogens (tertiary/aromatic N) is 1. The molecule has 18 heavy (non-hydrogen) atoms. The van der Waals surface area contributed by atoms with E-state index < -0.39 is 0 Å². The van der Waals surface area contributed by atoms with Crippen LogP contribution in [0, 0.1) is 11.8 Å². The van der Waals surface area contributed by atoms with Gasteiger partial charge in [-0.1, -0.05) is 6.07 Å². The molecule has 0 unspecified atom stereocenters. The maximum absolute atomic E-state index is 12.0. The molecule has 2 aliphatic rings. The number of carbonyl (C=O) groups is 1. The van der Waals surface area contributed by atoms with Gasteiger partial charge in [0, 0.05) is 24.9 Å². The zero-order chi connectivity index (χ0) is 12.4. The molecule has 3 rings (SSSR count). The maximum Gasteiger partial charge on any atom is 0.220 e. The minimum atomic E-state index is 0.211. The zero-order valence-corrected chi connectivity index (χ0v) is 10.6. The van der Waals surface area contributed by atoms with E-state index in [0.29, 0.717) is 12.5 Å². The summed E-state index contributed by atoms with van der Waals surface area (Å²) in [5.41, 5.74) is 1.14. The first kappa shape index (κ1) is 11.7. The summed E-state index contributed by atoms with van der Waals surface area (Å²) >= 11 is 0. The number of hydrogen-bond acceptors (Lipinski definition) is 2. The summed E-state index contributed by atoms with van der Waals surface area (Å²) in [5, 5.41) is 3.25. The second-order valence-corrected chi connectivity index (χ2v) is 5.63. The Balaban J connectivity index is 1.46. The van der Waals surface area contributed by atoms with Crippen LogP contribution in [-0.4, -0.2) is 16.9 Å². The number of rotatable bonds is 6. The van der Waals surface area contributed by atoms with Crippen molar-refractivity contribution in [2.75, 3.05) is 0 Å². The van der Waals surface area contributed by atoms with Crippen LogP contribution < -0.4 is 5.32 Å². The van der Waals surface area contributed by atoms with Gasteiger partial charge in [0.15, 0.2) is 0 Å². The van der Waals surface area contributed by atoms with Gasteiger partial charge in [0.05, 0.1) is 0 Å². The fourth-order valence-electron chi connectivity index (χ4n) is 2.59. The minimum Gasteiger partial charge on any atom is -0.353 e. The van der Waals surface area contributed by atoms with Crippen LogP contribution in [0.4, 0.5) is 0 Å². The smallest absolute Gasteiger partial charge is 0.220 e. The highest BCUT2D eigenvalue weighted by molar-refractivity contribution is 5.76. The van der Waals surface area contributed by atoms with E-state index in [0.717, 1.165) is 23.8 Å². The molecule has 2 fully saturated rings. The van der Waals surface area contributed by atoms with Crippen molar-refractivity contribution in [1.82, 2.24) is 10.3 Å². The number of aromatic nitrogens is 1. The molecule has 1 amide bonds. The van der Waals surface area contributed by atoms with E-state index >= 15 is 0 Å². The van der Waals surface area contributed by atoms with Gasteiger partial charge in [0.1, 0.15) is 0 Å². The number of hydrogen-bond donors (Lipinski definition) is 1. The number of nitrogens with one attached hydrogen (secondary N) is 1. The molecule has 3 heteroatoms. The van der Waals surface area contributed by atoms with Crippen molar-refractivity contribution in [3.8, 4) is 0 Å². The van der Waals surface area contributed by atoms with Crippen LogP contribution in [0.3, 0.4) is 0 Å². The Bertz CT molecular complexity index is 398. The second kappa shape index (κ2) is 5.09. The highest BCUT2D eigenvalue weighted by atomic mass is 16.1. The van der Waals surface area contributed by atoms with Crippen LogP contribution in [0.1, 0.15) is 37.7 Å². The molecule has 1 N–H and O–H groups in total. The summed E-state index contributed by atoms with van der Waals surface area (Å²) in [4.78, 5) is 16.0. The Morgan fingerprint density at radius 1 is 1.33 bits per heavy atom. The highest BCUT2D eigenvalue weighted by Gasteiger charge is 2.41. The minimum absolute atomic E-state index is 0.211. The molecule has 2 aliphatic carbocycles. The topological polar surface area (TPSA) is 42.0 Å². The third-order valence-electron chi connectivity index (χ3n) is 3.95. The summed E-state index contributed by atoms with van der Waals surface area (Å²) < 4.78 is 0. The molecule has 0 aliphatic heterocycles. The van der Waals surface area contributed by atoms with Crippen molar-refractivity contribution in [1.29, 1.82) is 0 Å². The van der Waals surface area contributed by atoms with Crippen molar-refractivity contribution in [3.05, 3.63) is 30.1 Å². The van der Waals surface area contributed by atoms with E-state index in [2.05, 4.69) is 10.3 Å². The summed E-state index contributed by atoms with van der Waals surface area (Å²) in [6.45, 7) is 0. The fourth-order valence-corrected chi connectivity index (χ4v) is 2.59. The quantitative estimate of drug-likeness (QED) is 0.834. The van der Waals surface area contributed by atoms with Gasteiger partial charge in [-0.3, -0.25) is 9.78 Å². The van der Waals surface area contributed by atoms with Crippen molar-refractivity contribution < 1.29 is 4.79 Å². The standard InChI is InChI=1S/C15H20N2O/c18-14(8-3-11-2-1-9-16-10-11)17-15(12-4-5-12)13-6-7-13/h1-2,9-10,12-13,15H,3-8H2,(H,17,18). The van der Waals surface area contributed by atoms with E-state index in [9.17, 15) is 4.79 Å². The van der Waals surface area contributed by atoms with E-state index in [1.165, 1.54) is 25.7 Å². The molecular weight excluding hydrogens is 224 g/mol. The summed E-state index contributed by atoms with van der Waals surface area (Å²) in [7, 11) is 0. The lowest BCUT2D eigenvalue weighted by atomic mass is 10.1. The van der Waals surface area contributed by atoms with Crippen molar-refractivity contribution in [2.45, 2.75) is 44.6 Å². The van der Waals surface area contributed by atoms with E-state index in [1.807, 2.05) is 18.3 Å². The first-order valence-corrected chi connectivity index (χ1v) is 7.01. The predicted octanol–water partition coefficient (Wildman–Crippen LogP) is 2.32.